The second kappa shape index (κ2) is 4.65. The van der Waals surface area contributed by atoms with Crippen molar-refractivity contribution in [3.05, 3.63) is 36.3 Å². The van der Waals surface area contributed by atoms with Gasteiger partial charge in [-0.25, -0.2) is 4.79 Å². The van der Waals surface area contributed by atoms with E-state index in [0.717, 1.165) is 5.57 Å². The molecule has 1 saturated heterocycles. The van der Waals surface area contributed by atoms with Crippen molar-refractivity contribution in [2.24, 2.45) is 0 Å². The number of hydrogen-bond donors (Lipinski definition) is 0. The second-order valence-electron chi connectivity index (χ2n) is 3.09. The Morgan fingerprint density at radius 3 is 2.57 bits per heavy atom. The Hall–Kier alpha value is -1.51. The van der Waals surface area contributed by atoms with E-state index in [1.165, 1.54) is 6.08 Å². The molecule has 1 heterocycles. The van der Waals surface area contributed by atoms with E-state index in [1.807, 2.05) is 0 Å². The molecule has 0 spiro atoms. The van der Waals surface area contributed by atoms with Gasteiger partial charge in [-0.15, -0.1) is 0 Å². The summed E-state index contributed by atoms with van der Waals surface area (Å²) in [5.41, 5.74) is 0.935. The van der Waals surface area contributed by atoms with Gasteiger partial charge in [-0.05, 0) is 12.5 Å². The minimum atomic E-state index is -0.315. The summed E-state index contributed by atoms with van der Waals surface area (Å²) >= 11 is 0. The molecule has 1 rings (SSSR count). The molecule has 3 nitrogen and oxygen atoms in total. The van der Waals surface area contributed by atoms with Crippen LogP contribution in [0, 0.1) is 0 Å². The topological polar surface area (TPSA) is 35.5 Å². The number of carbonyl (C=O) groups is 1. The van der Waals surface area contributed by atoms with Crippen LogP contribution in [0.5, 0.6) is 0 Å². The maximum atomic E-state index is 11.1. The zero-order valence-electron chi connectivity index (χ0n) is 8.34. The van der Waals surface area contributed by atoms with E-state index in [9.17, 15) is 4.79 Å². The van der Waals surface area contributed by atoms with Crippen LogP contribution in [0.25, 0.3) is 0 Å². The monoisotopic (exact) mass is 194 g/mol. The molecule has 14 heavy (non-hydrogen) atoms. The molecule has 0 aromatic heterocycles. The minimum Gasteiger partial charge on any atom is -0.467 e. The quantitative estimate of drug-likeness (QED) is 0.500. The number of ether oxygens (including phenoxy) is 2. The van der Waals surface area contributed by atoms with Crippen molar-refractivity contribution < 1.29 is 14.3 Å². The molecular weight excluding hydrogens is 180 g/mol. The first kappa shape index (κ1) is 10.6. The third kappa shape index (κ3) is 3.09. The van der Waals surface area contributed by atoms with Crippen LogP contribution >= 0.6 is 0 Å². The molecule has 0 saturated carbocycles. The predicted octanol–water partition coefficient (Wildman–Crippen LogP) is 2.31. The zero-order chi connectivity index (χ0) is 10.6. The molecule has 1 aliphatic heterocycles. The average molecular weight is 194 g/mol. The van der Waals surface area contributed by atoms with Crippen LogP contribution in [-0.2, 0) is 14.3 Å². The first-order valence-electron chi connectivity index (χ1n) is 4.51. The number of hydrogen-bond acceptors (Lipinski definition) is 3. The lowest BCUT2D eigenvalue weighted by molar-refractivity contribution is -0.137. The summed E-state index contributed by atoms with van der Waals surface area (Å²) in [5, 5.41) is 0. The third-order valence-electron chi connectivity index (χ3n) is 1.75. The summed E-state index contributed by atoms with van der Waals surface area (Å²) in [7, 11) is 0. The van der Waals surface area contributed by atoms with Gasteiger partial charge in [-0.3, -0.25) is 0 Å². The van der Waals surface area contributed by atoms with Gasteiger partial charge in [0, 0.05) is 18.9 Å². The van der Waals surface area contributed by atoms with E-state index in [-0.39, 0.29) is 5.97 Å². The first-order chi connectivity index (χ1) is 6.61. The molecule has 0 bridgehead atoms. The lowest BCUT2D eigenvalue weighted by Crippen LogP contribution is -2.06. The molecular formula is C11H14O3. The van der Waals surface area contributed by atoms with Crippen LogP contribution < -0.4 is 0 Å². The van der Waals surface area contributed by atoms with Gasteiger partial charge in [0.15, 0.2) is 0 Å². The Balaban J connectivity index is 2.63. The van der Waals surface area contributed by atoms with E-state index < -0.39 is 0 Å². The Bertz CT molecular complexity index is 282. The van der Waals surface area contributed by atoms with E-state index in [1.54, 1.807) is 6.92 Å². The van der Waals surface area contributed by atoms with Crippen molar-refractivity contribution in [2.75, 3.05) is 6.61 Å². The highest BCUT2D eigenvalue weighted by Crippen LogP contribution is 2.27. The van der Waals surface area contributed by atoms with Crippen LogP contribution in [0.3, 0.4) is 0 Å². The molecule has 1 fully saturated rings. The molecule has 0 unspecified atom stereocenters. The molecule has 0 N–H and O–H groups in total. The highest BCUT2D eigenvalue weighted by atomic mass is 16.5. The Morgan fingerprint density at radius 2 is 2.07 bits per heavy atom. The lowest BCUT2D eigenvalue weighted by atomic mass is 10.0. The third-order valence-corrected chi connectivity index (χ3v) is 1.75. The summed E-state index contributed by atoms with van der Waals surface area (Å²) < 4.78 is 9.98. The number of rotatable bonds is 2. The van der Waals surface area contributed by atoms with Crippen molar-refractivity contribution in [3.63, 3.8) is 0 Å². The van der Waals surface area contributed by atoms with Crippen molar-refractivity contribution in [3.8, 4) is 0 Å². The van der Waals surface area contributed by atoms with E-state index in [2.05, 4.69) is 13.2 Å². The Kier molecular flexibility index (Phi) is 3.51. The lowest BCUT2D eigenvalue weighted by Gasteiger charge is -2.19. The first-order valence-corrected chi connectivity index (χ1v) is 4.51. The van der Waals surface area contributed by atoms with Crippen molar-refractivity contribution >= 4 is 5.97 Å². The fraction of sp³-hybridized carbons (Fsp3) is 0.364. The number of esters is 1. The standard InChI is InChI=1S/C11H14O3/c1-4-13-11(12)7-10-5-8(2)14-9(3)6-10/h7H,2-6H2,1H3. The summed E-state index contributed by atoms with van der Waals surface area (Å²) in [6.45, 7) is 9.55. The van der Waals surface area contributed by atoms with Gasteiger partial charge in [0.1, 0.15) is 11.5 Å². The molecule has 0 aliphatic carbocycles. The largest absolute Gasteiger partial charge is 0.467 e. The van der Waals surface area contributed by atoms with Gasteiger partial charge in [0.05, 0.1) is 6.61 Å². The van der Waals surface area contributed by atoms with Gasteiger partial charge < -0.3 is 9.47 Å². The molecule has 76 valence electrons. The molecule has 0 radical (unpaired) electrons. The maximum absolute atomic E-state index is 11.1. The number of carbonyl (C=O) groups excluding carboxylic acids is 1. The average Bonchev–Trinajstić information content (AvgIpc) is 2.01. The molecule has 0 amide bonds. The van der Waals surface area contributed by atoms with Gasteiger partial charge >= 0.3 is 5.97 Å². The predicted molar refractivity (Wildman–Crippen MR) is 53.3 cm³/mol. The fourth-order valence-corrected chi connectivity index (χ4v) is 1.30. The van der Waals surface area contributed by atoms with E-state index in [0.29, 0.717) is 31.0 Å². The van der Waals surface area contributed by atoms with Crippen molar-refractivity contribution in [1.29, 1.82) is 0 Å². The van der Waals surface area contributed by atoms with E-state index in [4.69, 9.17) is 9.47 Å². The van der Waals surface area contributed by atoms with Crippen LogP contribution in [0.15, 0.2) is 36.3 Å². The van der Waals surface area contributed by atoms with Crippen LogP contribution in [0.4, 0.5) is 0 Å². The highest BCUT2D eigenvalue weighted by molar-refractivity contribution is 5.83. The van der Waals surface area contributed by atoms with E-state index >= 15 is 0 Å². The summed E-state index contributed by atoms with van der Waals surface area (Å²) in [6.07, 6.45) is 2.65. The molecule has 0 atom stereocenters. The van der Waals surface area contributed by atoms with Gasteiger partial charge in [0.25, 0.3) is 0 Å². The summed E-state index contributed by atoms with van der Waals surface area (Å²) in [4.78, 5) is 11.1. The zero-order valence-corrected chi connectivity index (χ0v) is 8.34. The summed E-state index contributed by atoms with van der Waals surface area (Å²) in [5.74, 6) is 0.929. The van der Waals surface area contributed by atoms with Gasteiger partial charge in [0.2, 0.25) is 0 Å². The summed E-state index contributed by atoms with van der Waals surface area (Å²) in [6, 6.07) is 0. The van der Waals surface area contributed by atoms with Crippen molar-refractivity contribution in [2.45, 2.75) is 19.8 Å². The molecule has 0 aromatic rings. The molecule has 0 aromatic carbocycles. The molecule has 3 heteroatoms. The van der Waals surface area contributed by atoms with Gasteiger partial charge in [-0.2, -0.15) is 0 Å². The SMILES string of the molecule is C=C1CC(=CC(=O)OCC)CC(=C)O1. The van der Waals surface area contributed by atoms with Crippen LogP contribution in [0.2, 0.25) is 0 Å². The Morgan fingerprint density at radius 1 is 1.50 bits per heavy atom. The minimum absolute atomic E-state index is 0.315. The highest BCUT2D eigenvalue weighted by Gasteiger charge is 2.14. The smallest absolute Gasteiger partial charge is 0.330 e. The second-order valence-corrected chi connectivity index (χ2v) is 3.09. The number of allylic oxidation sites excluding steroid dienone is 2. The normalized spacial score (nSPS) is 16.2. The van der Waals surface area contributed by atoms with Gasteiger partial charge in [-0.1, -0.05) is 13.2 Å². The van der Waals surface area contributed by atoms with Crippen LogP contribution in [-0.4, -0.2) is 12.6 Å². The fourth-order valence-electron chi connectivity index (χ4n) is 1.30. The van der Waals surface area contributed by atoms with Crippen LogP contribution in [0.1, 0.15) is 19.8 Å². The Labute approximate surface area is 83.7 Å². The van der Waals surface area contributed by atoms with Crippen molar-refractivity contribution in [1.82, 2.24) is 0 Å². The molecule has 1 aliphatic rings. The maximum Gasteiger partial charge on any atom is 0.330 e.